The van der Waals surface area contributed by atoms with Crippen LogP contribution in [-0.2, 0) is 26.2 Å². The molecule has 0 unspecified atom stereocenters. The van der Waals surface area contributed by atoms with Crippen LogP contribution in [0.2, 0.25) is 0 Å². The maximum absolute atomic E-state index is 13.4. The fourth-order valence-electron chi connectivity index (χ4n) is 3.27. The molecule has 0 aromatic heterocycles. The third-order valence-corrected chi connectivity index (χ3v) is 6.13. The average Bonchev–Trinajstić information content (AvgIpc) is 2.74. The van der Waals surface area contributed by atoms with Crippen molar-refractivity contribution in [1.82, 2.24) is 10.2 Å². The second-order valence-corrected chi connectivity index (χ2v) is 9.46. The van der Waals surface area contributed by atoms with E-state index in [4.69, 9.17) is 4.74 Å². The van der Waals surface area contributed by atoms with Crippen LogP contribution in [0, 0.1) is 6.92 Å². The summed E-state index contributed by atoms with van der Waals surface area (Å²) in [5.74, 6) is -0.213. The highest BCUT2D eigenvalue weighted by atomic mass is 32.2. The van der Waals surface area contributed by atoms with E-state index >= 15 is 0 Å². The van der Waals surface area contributed by atoms with Gasteiger partial charge in [0.15, 0.2) is 0 Å². The molecular formula is C23H31N3O5S. The van der Waals surface area contributed by atoms with Crippen molar-refractivity contribution < 1.29 is 22.7 Å². The van der Waals surface area contributed by atoms with Gasteiger partial charge >= 0.3 is 0 Å². The van der Waals surface area contributed by atoms with Gasteiger partial charge in [0.05, 0.1) is 19.1 Å². The minimum Gasteiger partial charge on any atom is -0.497 e. The van der Waals surface area contributed by atoms with Gasteiger partial charge in [0.1, 0.15) is 18.3 Å². The Morgan fingerprint density at radius 2 is 1.78 bits per heavy atom. The summed E-state index contributed by atoms with van der Waals surface area (Å²) in [7, 11) is -2.24. The summed E-state index contributed by atoms with van der Waals surface area (Å²) in [4.78, 5) is 27.3. The predicted octanol–water partition coefficient (Wildman–Crippen LogP) is 2.32. The highest BCUT2D eigenvalue weighted by Crippen LogP contribution is 2.22. The lowest BCUT2D eigenvalue weighted by molar-refractivity contribution is -0.139. The van der Waals surface area contributed by atoms with Crippen LogP contribution in [0.1, 0.15) is 25.0 Å². The number of amides is 2. The number of carbonyl (C=O) groups excluding carboxylic acids is 2. The van der Waals surface area contributed by atoms with E-state index < -0.39 is 28.5 Å². The fraction of sp³-hybridized carbons (Fsp3) is 0.391. The zero-order valence-electron chi connectivity index (χ0n) is 19.2. The Morgan fingerprint density at radius 1 is 1.12 bits per heavy atom. The third kappa shape index (κ3) is 6.71. The molecule has 2 aromatic rings. The van der Waals surface area contributed by atoms with Gasteiger partial charge in [0, 0.05) is 13.1 Å². The number of anilines is 1. The van der Waals surface area contributed by atoms with Crippen LogP contribution in [0.15, 0.2) is 48.5 Å². The number of nitrogens with one attached hydrogen (secondary N) is 1. The van der Waals surface area contributed by atoms with Gasteiger partial charge in [-0.1, -0.05) is 29.8 Å². The summed E-state index contributed by atoms with van der Waals surface area (Å²) in [6.45, 7) is 5.55. The quantitative estimate of drug-likeness (QED) is 0.586. The van der Waals surface area contributed by atoms with E-state index in [2.05, 4.69) is 5.32 Å². The van der Waals surface area contributed by atoms with E-state index in [1.807, 2.05) is 31.2 Å². The molecular weight excluding hydrogens is 430 g/mol. The molecule has 0 saturated carbocycles. The Hall–Kier alpha value is -3.07. The molecule has 2 amide bonds. The lowest BCUT2D eigenvalue weighted by atomic mass is 10.1. The molecule has 0 aliphatic carbocycles. The number of rotatable bonds is 10. The van der Waals surface area contributed by atoms with Crippen molar-refractivity contribution in [1.29, 1.82) is 0 Å². The summed E-state index contributed by atoms with van der Waals surface area (Å²) in [5.41, 5.74) is 2.21. The molecule has 1 atom stereocenters. The number of hydrogen-bond donors (Lipinski definition) is 1. The molecule has 0 saturated heterocycles. The first-order valence-corrected chi connectivity index (χ1v) is 12.2. The van der Waals surface area contributed by atoms with Gasteiger partial charge in [-0.3, -0.25) is 13.9 Å². The van der Waals surface area contributed by atoms with Crippen LogP contribution in [-0.4, -0.2) is 57.6 Å². The average molecular weight is 462 g/mol. The summed E-state index contributed by atoms with van der Waals surface area (Å²) in [6.07, 6.45) is 1.04. The lowest BCUT2D eigenvalue weighted by Crippen LogP contribution is -2.51. The number of likely N-dealkylation sites (N-methyl/N-ethyl adjacent to an activating group) is 1. The highest BCUT2D eigenvalue weighted by Gasteiger charge is 2.29. The van der Waals surface area contributed by atoms with Crippen LogP contribution >= 0.6 is 0 Å². The zero-order valence-corrected chi connectivity index (χ0v) is 20.0. The molecule has 8 nitrogen and oxygen atoms in total. The molecule has 0 heterocycles. The molecule has 2 rings (SSSR count). The highest BCUT2D eigenvalue weighted by molar-refractivity contribution is 7.92. The first kappa shape index (κ1) is 25.2. The van der Waals surface area contributed by atoms with E-state index in [1.54, 1.807) is 38.1 Å². The summed E-state index contributed by atoms with van der Waals surface area (Å²) in [6, 6.07) is 13.2. The van der Waals surface area contributed by atoms with Crippen LogP contribution in [0.3, 0.4) is 0 Å². The topological polar surface area (TPSA) is 96.0 Å². The number of nitrogens with zero attached hydrogens (tertiary/aromatic N) is 2. The predicted molar refractivity (Wildman–Crippen MR) is 125 cm³/mol. The van der Waals surface area contributed by atoms with E-state index in [9.17, 15) is 18.0 Å². The maximum atomic E-state index is 13.4. The van der Waals surface area contributed by atoms with E-state index in [-0.39, 0.29) is 12.5 Å². The van der Waals surface area contributed by atoms with Gasteiger partial charge < -0.3 is 15.0 Å². The molecule has 0 aliphatic heterocycles. The number of methoxy groups -OCH3 is 1. The van der Waals surface area contributed by atoms with Crippen molar-refractivity contribution in [3.63, 3.8) is 0 Å². The molecule has 0 radical (unpaired) electrons. The Labute approximate surface area is 190 Å². The SMILES string of the molecule is CCNC(=O)[C@H](C)N(Cc1cccc(C)c1)C(=O)CN(c1ccc(OC)cc1)S(C)(=O)=O. The second kappa shape index (κ2) is 11.0. The standard InChI is InChI=1S/C23H31N3O5S/c1-6-24-23(28)18(3)25(15-19-9-7-8-17(2)14-19)22(27)16-26(32(5,29)30)20-10-12-21(31-4)13-11-20/h7-14,18H,6,15-16H2,1-5H3,(H,24,28)/t18-/m0/s1. The van der Waals surface area contributed by atoms with E-state index in [0.717, 1.165) is 21.7 Å². The number of carbonyl (C=O) groups is 2. The number of sulfonamides is 1. The lowest BCUT2D eigenvalue weighted by Gasteiger charge is -2.31. The molecule has 174 valence electrons. The third-order valence-electron chi connectivity index (χ3n) is 4.99. The van der Waals surface area contributed by atoms with Crippen LogP contribution < -0.4 is 14.4 Å². The maximum Gasteiger partial charge on any atom is 0.244 e. The minimum atomic E-state index is -3.76. The van der Waals surface area contributed by atoms with Crippen molar-refractivity contribution in [2.75, 3.05) is 30.8 Å². The zero-order chi connectivity index (χ0) is 23.9. The van der Waals surface area contributed by atoms with E-state index in [0.29, 0.717) is 18.0 Å². The van der Waals surface area contributed by atoms with E-state index in [1.165, 1.54) is 12.0 Å². The van der Waals surface area contributed by atoms with Gasteiger partial charge in [-0.05, 0) is 50.6 Å². The van der Waals surface area contributed by atoms with Gasteiger partial charge in [0.25, 0.3) is 0 Å². The van der Waals surface area contributed by atoms with Crippen LogP contribution in [0.5, 0.6) is 5.75 Å². The van der Waals surface area contributed by atoms with Crippen molar-refractivity contribution in [2.45, 2.75) is 33.4 Å². The molecule has 0 bridgehead atoms. The fourth-order valence-corrected chi connectivity index (χ4v) is 4.12. The van der Waals surface area contributed by atoms with Crippen LogP contribution in [0.4, 0.5) is 5.69 Å². The Kier molecular flexibility index (Phi) is 8.65. The van der Waals surface area contributed by atoms with Crippen molar-refractivity contribution in [3.8, 4) is 5.75 Å². The van der Waals surface area contributed by atoms with Crippen molar-refractivity contribution in [2.24, 2.45) is 0 Å². The molecule has 1 N–H and O–H groups in total. The van der Waals surface area contributed by atoms with Crippen molar-refractivity contribution >= 4 is 27.5 Å². The number of ether oxygens (including phenoxy) is 1. The Balaban J connectivity index is 2.37. The molecule has 0 spiro atoms. The van der Waals surface area contributed by atoms with Crippen LogP contribution in [0.25, 0.3) is 0 Å². The summed E-state index contributed by atoms with van der Waals surface area (Å²) in [5, 5.41) is 2.73. The Morgan fingerprint density at radius 3 is 2.31 bits per heavy atom. The molecule has 32 heavy (non-hydrogen) atoms. The second-order valence-electron chi connectivity index (χ2n) is 7.55. The number of benzene rings is 2. The molecule has 2 aromatic carbocycles. The summed E-state index contributed by atoms with van der Waals surface area (Å²) >= 11 is 0. The van der Waals surface area contributed by atoms with Gasteiger partial charge in [-0.2, -0.15) is 0 Å². The van der Waals surface area contributed by atoms with Gasteiger partial charge in [-0.25, -0.2) is 8.42 Å². The van der Waals surface area contributed by atoms with Crippen molar-refractivity contribution in [3.05, 3.63) is 59.7 Å². The normalized spacial score (nSPS) is 12.0. The minimum absolute atomic E-state index is 0.180. The number of hydrogen-bond acceptors (Lipinski definition) is 5. The Bertz CT molecular complexity index is 1040. The molecule has 0 aliphatic rings. The van der Waals surface area contributed by atoms with Gasteiger partial charge in [0.2, 0.25) is 21.8 Å². The van der Waals surface area contributed by atoms with Gasteiger partial charge in [-0.15, -0.1) is 0 Å². The molecule has 0 fully saturated rings. The largest absolute Gasteiger partial charge is 0.497 e. The smallest absolute Gasteiger partial charge is 0.244 e. The first-order valence-electron chi connectivity index (χ1n) is 10.3. The monoisotopic (exact) mass is 461 g/mol. The first-order chi connectivity index (χ1) is 15.1. The summed E-state index contributed by atoms with van der Waals surface area (Å²) < 4.78 is 31.1. The number of aryl methyl sites for hydroxylation is 1. The molecule has 9 heteroatoms.